The molecule has 0 spiro atoms. The maximum atomic E-state index is 5.37. The van der Waals surface area contributed by atoms with Gasteiger partial charge in [-0.05, 0) is 11.1 Å². The number of nitrogens with zero attached hydrogens (tertiary/aromatic N) is 2. The maximum absolute atomic E-state index is 5.37. The van der Waals surface area contributed by atoms with Gasteiger partial charge in [-0.3, -0.25) is 9.80 Å². The molecule has 2 heterocycles. The molecular weight excluding hydrogens is 284 g/mol. The highest BCUT2D eigenvalue weighted by atomic mass is 16.6. The number of rotatable bonds is 5. The summed E-state index contributed by atoms with van der Waals surface area (Å²) < 4.78 is 5.37. The van der Waals surface area contributed by atoms with Gasteiger partial charge in [-0.1, -0.05) is 60.7 Å². The molecule has 0 saturated carbocycles. The van der Waals surface area contributed by atoms with Gasteiger partial charge in [0.25, 0.3) is 0 Å². The second-order valence-electron chi connectivity index (χ2n) is 6.52. The van der Waals surface area contributed by atoms with Gasteiger partial charge in [0.05, 0.1) is 18.8 Å². The predicted octanol–water partition coefficient (Wildman–Crippen LogP) is 2.79. The second-order valence-corrected chi connectivity index (χ2v) is 6.52. The summed E-state index contributed by atoms with van der Waals surface area (Å²) >= 11 is 0. The van der Waals surface area contributed by atoms with Gasteiger partial charge in [-0.25, -0.2) is 0 Å². The second kappa shape index (κ2) is 6.83. The highest BCUT2D eigenvalue weighted by Crippen LogP contribution is 2.29. The molecule has 3 nitrogen and oxygen atoms in total. The van der Waals surface area contributed by atoms with Crippen LogP contribution in [-0.2, 0) is 4.74 Å². The molecule has 23 heavy (non-hydrogen) atoms. The minimum Gasteiger partial charge on any atom is -0.372 e. The number of epoxide rings is 1. The first-order chi connectivity index (χ1) is 11.4. The zero-order valence-corrected chi connectivity index (χ0v) is 13.5. The summed E-state index contributed by atoms with van der Waals surface area (Å²) in [5.74, 6) is 0. The van der Waals surface area contributed by atoms with Gasteiger partial charge in [-0.2, -0.15) is 0 Å². The molecule has 0 bridgehead atoms. The molecule has 4 rings (SSSR count). The lowest BCUT2D eigenvalue weighted by molar-refractivity contribution is 0.104. The van der Waals surface area contributed by atoms with Crippen LogP contribution in [0.25, 0.3) is 0 Å². The molecule has 2 fully saturated rings. The molecular formula is C20H24N2O. The fourth-order valence-corrected chi connectivity index (χ4v) is 3.55. The molecule has 1 atom stereocenters. The van der Waals surface area contributed by atoms with Crippen molar-refractivity contribution in [2.75, 3.05) is 39.3 Å². The van der Waals surface area contributed by atoms with Crippen LogP contribution in [0.2, 0.25) is 0 Å². The van der Waals surface area contributed by atoms with Crippen LogP contribution >= 0.6 is 0 Å². The Morgan fingerprint density at radius 2 is 1.35 bits per heavy atom. The number of benzene rings is 2. The van der Waals surface area contributed by atoms with Crippen molar-refractivity contribution in [2.45, 2.75) is 12.1 Å². The zero-order chi connectivity index (χ0) is 15.5. The zero-order valence-electron chi connectivity index (χ0n) is 13.5. The number of hydrogen-bond donors (Lipinski definition) is 0. The Hall–Kier alpha value is -1.68. The fraction of sp³-hybridized carbons (Fsp3) is 0.400. The van der Waals surface area contributed by atoms with Crippen LogP contribution in [0.1, 0.15) is 17.2 Å². The van der Waals surface area contributed by atoms with Gasteiger partial charge in [0.1, 0.15) is 0 Å². The Morgan fingerprint density at radius 3 is 1.83 bits per heavy atom. The molecule has 120 valence electrons. The Balaban J connectivity index is 1.52. The van der Waals surface area contributed by atoms with Crippen LogP contribution in [0.4, 0.5) is 0 Å². The molecule has 0 unspecified atom stereocenters. The van der Waals surface area contributed by atoms with E-state index in [4.69, 9.17) is 4.74 Å². The van der Waals surface area contributed by atoms with E-state index in [9.17, 15) is 0 Å². The first-order valence-electron chi connectivity index (χ1n) is 8.58. The predicted molar refractivity (Wildman–Crippen MR) is 92.5 cm³/mol. The van der Waals surface area contributed by atoms with Crippen LogP contribution in [0.5, 0.6) is 0 Å². The van der Waals surface area contributed by atoms with E-state index in [1.54, 1.807) is 0 Å². The van der Waals surface area contributed by atoms with Crippen molar-refractivity contribution in [3.63, 3.8) is 0 Å². The largest absolute Gasteiger partial charge is 0.372 e. The van der Waals surface area contributed by atoms with E-state index in [0.29, 0.717) is 12.1 Å². The topological polar surface area (TPSA) is 19.0 Å². The smallest absolute Gasteiger partial charge is 0.0936 e. The van der Waals surface area contributed by atoms with Crippen molar-refractivity contribution < 1.29 is 4.74 Å². The highest BCUT2D eigenvalue weighted by Gasteiger charge is 2.30. The Labute approximate surface area is 138 Å². The van der Waals surface area contributed by atoms with Gasteiger partial charge in [0.2, 0.25) is 0 Å². The minimum atomic E-state index is 0.358. The van der Waals surface area contributed by atoms with E-state index >= 15 is 0 Å². The van der Waals surface area contributed by atoms with E-state index < -0.39 is 0 Å². The Kier molecular flexibility index (Phi) is 4.42. The molecule has 2 aromatic carbocycles. The molecule has 0 aliphatic carbocycles. The average Bonchev–Trinajstić information content (AvgIpc) is 3.43. The standard InChI is InChI=1S/C20H24N2O/c1-3-7-17(8-4-1)20(18-9-5-2-6-10-18)22-13-11-21(12-14-22)15-19-16-23-19/h1-10,19-20H,11-16H2/t19-/m1/s1. The quantitative estimate of drug-likeness (QED) is 0.792. The minimum absolute atomic E-state index is 0.358. The maximum Gasteiger partial charge on any atom is 0.0936 e. The summed E-state index contributed by atoms with van der Waals surface area (Å²) in [4.78, 5) is 5.16. The third-order valence-electron chi connectivity index (χ3n) is 4.87. The van der Waals surface area contributed by atoms with Crippen LogP contribution in [0.3, 0.4) is 0 Å². The van der Waals surface area contributed by atoms with Crippen molar-refractivity contribution in [2.24, 2.45) is 0 Å². The molecule has 0 radical (unpaired) electrons. The molecule has 2 aliphatic heterocycles. The van der Waals surface area contributed by atoms with Crippen LogP contribution in [-0.4, -0.2) is 55.2 Å². The SMILES string of the molecule is c1ccc(C(c2ccccc2)N2CCN(C[C@@H]3CO3)CC2)cc1. The van der Waals surface area contributed by atoms with E-state index in [-0.39, 0.29) is 0 Å². The van der Waals surface area contributed by atoms with Crippen LogP contribution < -0.4 is 0 Å². The summed E-state index contributed by atoms with van der Waals surface area (Å²) in [5.41, 5.74) is 2.77. The third kappa shape index (κ3) is 3.63. The number of piperazine rings is 1. The average molecular weight is 308 g/mol. The summed E-state index contributed by atoms with van der Waals surface area (Å²) in [6, 6.07) is 22.1. The van der Waals surface area contributed by atoms with Crippen molar-refractivity contribution >= 4 is 0 Å². The van der Waals surface area contributed by atoms with Crippen LogP contribution in [0.15, 0.2) is 60.7 Å². The first kappa shape index (κ1) is 14.9. The lowest BCUT2D eigenvalue weighted by Crippen LogP contribution is -2.48. The van der Waals surface area contributed by atoms with Crippen molar-refractivity contribution in [1.29, 1.82) is 0 Å². The summed E-state index contributed by atoms with van der Waals surface area (Å²) in [7, 11) is 0. The molecule has 0 N–H and O–H groups in total. The van der Waals surface area contributed by atoms with Gasteiger partial charge >= 0.3 is 0 Å². The third-order valence-corrected chi connectivity index (χ3v) is 4.87. The molecule has 0 amide bonds. The molecule has 2 saturated heterocycles. The summed E-state index contributed by atoms with van der Waals surface area (Å²) in [6.07, 6.45) is 0.501. The monoisotopic (exact) mass is 308 g/mol. The van der Waals surface area contributed by atoms with Gasteiger partial charge in [0, 0.05) is 32.7 Å². The lowest BCUT2D eigenvalue weighted by Gasteiger charge is -2.39. The van der Waals surface area contributed by atoms with Gasteiger partial charge in [0.15, 0.2) is 0 Å². The van der Waals surface area contributed by atoms with Gasteiger partial charge in [-0.15, -0.1) is 0 Å². The number of ether oxygens (including phenoxy) is 1. The number of hydrogen-bond acceptors (Lipinski definition) is 3. The van der Waals surface area contributed by atoms with Crippen molar-refractivity contribution in [1.82, 2.24) is 9.80 Å². The van der Waals surface area contributed by atoms with E-state index in [2.05, 4.69) is 70.5 Å². The van der Waals surface area contributed by atoms with Crippen molar-refractivity contribution in [3.05, 3.63) is 71.8 Å². The summed E-state index contributed by atoms with van der Waals surface area (Å²) in [6.45, 7) is 6.56. The van der Waals surface area contributed by atoms with Crippen LogP contribution in [0, 0.1) is 0 Å². The Morgan fingerprint density at radius 1 is 0.826 bits per heavy atom. The highest BCUT2D eigenvalue weighted by molar-refractivity contribution is 5.31. The normalized spacial score (nSPS) is 22.4. The van der Waals surface area contributed by atoms with Gasteiger partial charge < -0.3 is 4.74 Å². The first-order valence-corrected chi connectivity index (χ1v) is 8.58. The van der Waals surface area contributed by atoms with E-state index in [0.717, 1.165) is 39.3 Å². The molecule has 0 aromatic heterocycles. The van der Waals surface area contributed by atoms with E-state index in [1.807, 2.05) is 0 Å². The Bertz CT molecular complexity index is 565. The molecule has 2 aliphatic rings. The fourth-order valence-electron chi connectivity index (χ4n) is 3.55. The molecule has 3 heteroatoms. The van der Waals surface area contributed by atoms with Crippen molar-refractivity contribution in [3.8, 4) is 0 Å². The lowest BCUT2D eigenvalue weighted by atomic mass is 9.96. The summed E-state index contributed by atoms with van der Waals surface area (Å²) in [5, 5.41) is 0. The van der Waals surface area contributed by atoms with E-state index in [1.165, 1.54) is 11.1 Å². The molecule has 2 aromatic rings.